The molecule has 27 heavy (non-hydrogen) atoms. The monoisotopic (exact) mass is 387 g/mol. The van der Waals surface area contributed by atoms with Crippen molar-refractivity contribution in [3.63, 3.8) is 0 Å². The van der Waals surface area contributed by atoms with Gasteiger partial charge in [0, 0.05) is 12.6 Å². The predicted octanol–water partition coefficient (Wildman–Crippen LogP) is 3.83. The Balaban J connectivity index is 2.23. The fourth-order valence-electron chi connectivity index (χ4n) is 2.63. The Morgan fingerprint density at radius 1 is 1.22 bits per heavy atom. The zero-order valence-electron chi connectivity index (χ0n) is 14.6. The maximum Gasteiger partial charge on any atom is 0.274 e. The van der Waals surface area contributed by atoms with E-state index in [4.69, 9.17) is 20.9 Å². The first kappa shape index (κ1) is 18.6. The van der Waals surface area contributed by atoms with E-state index in [2.05, 4.69) is 10.5 Å². The van der Waals surface area contributed by atoms with Crippen LogP contribution in [0.15, 0.2) is 40.9 Å². The van der Waals surface area contributed by atoms with Gasteiger partial charge in [0.25, 0.3) is 5.91 Å². The van der Waals surface area contributed by atoms with E-state index >= 15 is 0 Å². The van der Waals surface area contributed by atoms with Crippen molar-refractivity contribution in [3.05, 3.63) is 47.1 Å². The van der Waals surface area contributed by atoms with E-state index in [1.807, 2.05) is 0 Å². The largest absolute Gasteiger partial charge is 0.507 e. The number of hydrogen-bond acceptors (Lipinski definition) is 6. The first-order valence-electron chi connectivity index (χ1n) is 8.10. The van der Waals surface area contributed by atoms with Crippen molar-refractivity contribution in [3.8, 4) is 39.7 Å². The number of aromatic nitrogens is 1. The number of carbonyl (C=O) groups excluding carboxylic acids is 1. The maximum absolute atomic E-state index is 12.4. The second-order valence-electron chi connectivity index (χ2n) is 5.64. The summed E-state index contributed by atoms with van der Waals surface area (Å²) in [6.07, 6.45) is 0. The molecule has 3 aromatic rings. The molecular weight excluding hydrogens is 371 g/mol. The molecule has 3 N–H and O–H groups in total. The first-order valence-corrected chi connectivity index (χ1v) is 8.48. The number of phenolic OH excluding ortho intramolecular Hbond substituents is 2. The molecule has 0 fully saturated rings. The van der Waals surface area contributed by atoms with Gasteiger partial charge in [-0.15, -0.1) is 0 Å². The quantitative estimate of drug-likeness (QED) is 0.614. The number of nitrogens with one attached hydrogen (secondary N) is 1. The van der Waals surface area contributed by atoms with E-state index in [1.54, 1.807) is 38.3 Å². The number of benzene rings is 2. The van der Waals surface area contributed by atoms with Crippen molar-refractivity contribution >= 4 is 17.5 Å². The molecule has 1 aromatic heterocycles. The summed E-state index contributed by atoms with van der Waals surface area (Å²) in [5.74, 6) is -0.145. The highest BCUT2D eigenvalue weighted by Crippen LogP contribution is 2.43. The van der Waals surface area contributed by atoms with E-state index in [0.717, 1.165) is 6.07 Å². The molecule has 0 radical (unpaired) electrons. The molecule has 0 aliphatic carbocycles. The molecule has 1 amide bonds. The van der Waals surface area contributed by atoms with Crippen LogP contribution in [-0.2, 0) is 0 Å². The average Bonchev–Trinajstić information content (AvgIpc) is 3.10. The van der Waals surface area contributed by atoms with E-state index in [0.29, 0.717) is 23.4 Å². The number of carbonyl (C=O) groups is 1. The van der Waals surface area contributed by atoms with Crippen LogP contribution in [0, 0.1) is 0 Å². The number of methoxy groups -OCH3 is 1. The van der Waals surface area contributed by atoms with Crippen molar-refractivity contribution in [1.82, 2.24) is 10.5 Å². The molecule has 0 unspecified atom stereocenters. The molecule has 3 rings (SSSR count). The highest BCUT2D eigenvalue weighted by Gasteiger charge is 2.26. The molecule has 1 heterocycles. The summed E-state index contributed by atoms with van der Waals surface area (Å²) < 4.78 is 10.6. The van der Waals surface area contributed by atoms with Crippen LogP contribution in [0.4, 0.5) is 0 Å². The minimum Gasteiger partial charge on any atom is -0.507 e. The zero-order chi connectivity index (χ0) is 19.6. The van der Waals surface area contributed by atoms with Gasteiger partial charge in [0.15, 0.2) is 11.5 Å². The van der Waals surface area contributed by atoms with Gasteiger partial charge in [-0.25, -0.2) is 0 Å². The summed E-state index contributed by atoms with van der Waals surface area (Å²) in [4.78, 5) is 12.4. The summed E-state index contributed by atoms with van der Waals surface area (Å²) in [6, 6.07) is 9.41. The molecule has 0 atom stereocenters. The SMILES string of the molecule is CCNC(=O)c1noc(-c2cc(Cl)c(O)cc2O)c1-c1ccc(O[11CH3])cc1. The Kier molecular flexibility index (Phi) is 5.23. The van der Waals surface area contributed by atoms with Crippen molar-refractivity contribution in [1.29, 1.82) is 0 Å². The Hall–Kier alpha value is -3.19. The van der Waals surface area contributed by atoms with Crippen molar-refractivity contribution in [2.75, 3.05) is 13.7 Å². The minimum atomic E-state index is -0.414. The normalized spacial score (nSPS) is 10.6. The maximum atomic E-state index is 12.4. The topological polar surface area (TPSA) is 105 Å². The summed E-state index contributed by atoms with van der Waals surface area (Å²) >= 11 is 5.97. The highest BCUT2D eigenvalue weighted by atomic mass is 35.5. The molecule has 0 bridgehead atoms. The lowest BCUT2D eigenvalue weighted by Gasteiger charge is -2.08. The predicted molar refractivity (Wildman–Crippen MR) is 100 cm³/mol. The third-order valence-corrected chi connectivity index (χ3v) is 4.24. The van der Waals surface area contributed by atoms with Gasteiger partial charge >= 0.3 is 0 Å². The van der Waals surface area contributed by atoms with E-state index in [1.165, 1.54) is 6.07 Å². The number of ether oxygens (including phenoxy) is 1. The number of nitrogens with zero attached hydrogens (tertiary/aromatic N) is 1. The summed E-state index contributed by atoms with van der Waals surface area (Å²) in [6.45, 7) is 2.21. The molecule has 140 valence electrons. The van der Waals surface area contributed by atoms with Crippen LogP contribution in [0.2, 0.25) is 5.02 Å². The third-order valence-electron chi connectivity index (χ3n) is 3.93. The summed E-state index contributed by atoms with van der Waals surface area (Å²) in [5, 5.41) is 26.5. The summed E-state index contributed by atoms with van der Waals surface area (Å²) in [5.41, 5.74) is 1.30. The molecule has 2 aromatic carbocycles. The van der Waals surface area contributed by atoms with Crippen LogP contribution in [0.5, 0.6) is 17.2 Å². The van der Waals surface area contributed by atoms with Crippen molar-refractivity contribution in [2.24, 2.45) is 0 Å². The smallest absolute Gasteiger partial charge is 0.274 e. The van der Waals surface area contributed by atoms with E-state index in [-0.39, 0.29) is 33.5 Å². The fourth-order valence-corrected chi connectivity index (χ4v) is 2.80. The number of amides is 1. The molecule has 0 spiro atoms. The Morgan fingerprint density at radius 3 is 2.56 bits per heavy atom. The molecular formula is C19H17ClN2O5. The van der Waals surface area contributed by atoms with Gasteiger partial charge in [0.1, 0.15) is 17.2 Å². The number of halogens is 1. The standard InChI is InChI=1S/C19H17ClN2O5/c1-3-21-19(25)17-16(10-4-6-11(26-2)7-5-10)18(27-22-17)12-8-13(20)15(24)9-14(12)23/h4-9,23-24H,3H2,1-2H3,(H,21,25)/i2-1. The molecule has 7 nitrogen and oxygen atoms in total. The number of rotatable bonds is 5. The zero-order valence-corrected chi connectivity index (χ0v) is 15.4. The lowest BCUT2D eigenvalue weighted by atomic mass is 9.98. The summed E-state index contributed by atoms with van der Waals surface area (Å²) in [7, 11) is 1.55. The molecule has 0 saturated heterocycles. The van der Waals surface area contributed by atoms with Gasteiger partial charge in [-0.1, -0.05) is 28.9 Å². The van der Waals surface area contributed by atoms with Crippen molar-refractivity contribution in [2.45, 2.75) is 6.92 Å². The van der Waals surface area contributed by atoms with Crippen LogP contribution in [0.1, 0.15) is 17.4 Å². The van der Waals surface area contributed by atoms with Crippen LogP contribution < -0.4 is 10.1 Å². The highest BCUT2D eigenvalue weighted by molar-refractivity contribution is 6.32. The molecule has 0 aliphatic heterocycles. The van der Waals surface area contributed by atoms with Crippen LogP contribution >= 0.6 is 11.6 Å². The van der Waals surface area contributed by atoms with Gasteiger partial charge in [-0.2, -0.15) is 0 Å². The van der Waals surface area contributed by atoms with Gasteiger partial charge in [-0.05, 0) is 30.7 Å². The second kappa shape index (κ2) is 7.59. The molecule has 0 aliphatic rings. The molecule has 8 heteroatoms. The third kappa shape index (κ3) is 3.54. The van der Waals surface area contributed by atoms with Crippen LogP contribution in [0.25, 0.3) is 22.5 Å². The van der Waals surface area contributed by atoms with Gasteiger partial charge < -0.3 is 24.8 Å². The second-order valence-corrected chi connectivity index (χ2v) is 6.05. The van der Waals surface area contributed by atoms with Gasteiger partial charge in [0.2, 0.25) is 0 Å². The lowest BCUT2D eigenvalue weighted by molar-refractivity contribution is 0.0947. The first-order chi connectivity index (χ1) is 13.0. The average molecular weight is 388 g/mol. The number of phenols is 2. The number of hydrogen-bond donors (Lipinski definition) is 3. The van der Waals surface area contributed by atoms with Gasteiger partial charge in [-0.3, -0.25) is 4.79 Å². The van der Waals surface area contributed by atoms with Crippen molar-refractivity contribution < 1.29 is 24.3 Å². The van der Waals surface area contributed by atoms with E-state index < -0.39 is 5.91 Å². The fraction of sp³-hybridized carbons (Fsp3) is 0.158. The number of aromatic hydroxyl groups is 2. The van der Waals surface area contributed by atoms with Gasteiger partial charge in [0.05, 0.1) is 23.3 Å². The molecule has 0 saturated carbocycles. The minimum absolute atomic E-state index is 0.0273. The Morgan fingerprint density at radius 2 is 1.93 bits per heavy atom. The Bertz CT molecular complexity index is 983. The Labute approximate surface area is 160 Å². The van der Waals surface area contributed by atoms with E-state index in [9.17, 15) is 15.0 Å². The van der Waals surface area contributed by atoms with Crippen LogP contribution in [-0.4, -0.2) is 34.9 Å². The van der Waals surface area contributed by atoms with Crippen LogP contribution in [0.3, 0.4) is 0 Å². The lowest BCUT2D eigenvalue weighted by Crippen LogP contribution is -2.23.